The van der Waals surface area contributed by atoms with E-state index in [9.17, 15) is 0 Å². The zero-order valence-electron chi connectivity index (χ0n) is 14.8. The second-order valence-corrected chi connectivity index (χ2v) is 6.25. The van der Waals surface area contributed by atoms with Crippen LogP contribution in [0.5, 0.6) is 0 Å². The van der Waals surface area contributed by atoms with Crippen LogP contribution in [0.1, 0.15) is 12.5 Å². The third-order valence-corrected chi connectivity index (χ3v) is 4.07. The molecule has 2 N–H and O–H groups in total. The van der Waals surface area contributed by atoms with Crippen LogP contribution in [0, 0.1) is 0 Å². The van der Waals surface area contributed by atoms with Crippen LogP contribution < -0.4 is 10.6 Å². The first-order valence-electron chi connectivity index (χ1n) is 8.67. The molecule has 0 saturated carbocycles. The van der Waals surface area contributed by atoms with E-state index in [0.29, 0.717) is 11.6 Å². The van der Waals surface area contributed by atoms with Gasteiger partial charge >= 0.3 is 0 Å². The third kappa shape index (κ3) is 5.13. The van der Waals surface area contributed by atoms with E-state index in [0.717, 1.165) is 36.8 Å². The van der Waals surface area contributed by atoms with Gasteiger partial charge in [-0.3, -0.25) is 0 Å². The first kappa shape index (κ1) is 18.1. The van der Waals surface area contributed by atoms with Gasteiger partial charge in [0.05, 0.1) is 18.4 Å². The van der Waals surface area contributed by atoms with Crippen molar-refractivity contribution in [1.82, 2.24) is 25.0 Å². The summed E-state index contributed by atoms with van der Waals surface area (Å²) < 4.78 is 3.96. The van der Waals surface area contributed by atoms with Crippen LogP contribution in [0.4, 0.5) is 0 Å². The van der Waals surface area contributed by atoms with Crippen LogP contribution in [0.3, 0.4) is 0 Å². The van der Waals surface area contributed by atoms with Crippen molar-refractivity contribution in [3.05, 3.63) is 71.8 Å². The van der Waals surface area contributed by atoms with E-state index >= 15 is 0 Å². The Morgan fingerprint density at radius 3 is 2.65 bits per heavy atom. The predicted molar refractivity (Wildman–Crippen MR) is 106 cm³/mol. The van der Waals surface area contributed by atoms with E-state index in [1.54, 1.807) is 0 Å². The van der Waals surface area contributed by atoms with Crippen LogP contribution in [-0.4, -0.2) is 33.4 Å². The number of halogens is 1. The maximum atomic E-state index is 5.93. The maximum absolute atomic E-state index is 5.93. The molecule has 2 heterocycles. The number of hydrogen-bond donors (Lipinski definition) is 2. The molecule has 2 aromatic heterocycles. The molecule has 0 spiro atoms. The van der Waals surface area contributed by atoms with Crippen molar-refractivity contribution in [3.8, 4) is 5.69 Å². The smallest absolute Gasteiger partial charge is 0.191 e. The highest BCUT2D eigenvalue weighted by Gasteiger charge is 2.02. The van der Waals surface area contributed by atoms with Gasteiger partial charge < -0.3 is 15.2 Å². The summed E-state index contributed by atoms with van der Waals surface area (Å²) in [6.07, 6.45) is 7.92. The van der Waals surface area contributed by atoms with Crippen molar-refractivity contribution in [2.24, 2.45) is 4.99 Å². The second-order valence-electron chi connectivity index (χ2n) is 5.81. The number of nitrogens with one attached hydrogen (secondary N) is 2. The van der Waals surface area contributed by atoms with E-state index in [-0.39, 0.29) is 0 Å². The van der Waals surface area contributed by atoms with Crippen LogP contribution in [-0.2, 0) is 13.1 Å². The fraction of sp³-hybridized carbons (Fsp3) is 0.263. The molecule has 136 valence electrons. The average Bonchev–Trinajstić information content (AvgIpc) is 3.32. The van der Waals surface area contributed by atoms with Crippen molar-refractivity contribution in [2.75, 3.05) is 13.1 Å². The van der Waals surface area contributed by atoms with Gasteiger partial charge in [-0.05, 0) is 43.3 Å². The number of hydrogen-bond acceptors (Lipinski definition) is 2. The molecule has 3 rings (SSSR count). The fourth-order valence-electron chi connectivity index (χ4n) is 2.51. The molecule has 6 nitrogen and oxygen atoms in total. The van der Waals surface area contributed by atoms with Crippen molar-refractivity contribution in [2.45, 2.75) is 20.0 Å². The Balaban J connectivity index is 1.57. The zero-order valence-corrected chi connectivity index (χ0v) is 15.5. The highest BCUT2D eigenvalue weighted by atomic mass is 35.5. The summed E-state index contributed by atoms with van der Waals surface area (Å²) in [4.78, 5) is 4.63. The van der Waals surface area contributed by atoms with Gasteiger partial charge in [0.25, 0.3) is 0 Å². The summed E-state index contributed by atoms with van der Waals surface area (Å²) in [5, 5.41) is 11.7. The molecule has 0 amide bonds. The average molecular weight is 371 g/mol. The van der Waals surface area contributed by atoms with Crippen molar-refractivity contribution in [3.63, 3.8) is 0 Å². The molecule has 26 heavy (non-hydrogen) atoms. The quantitative estimate of drug-likeness (QED) is 0.496. The Morgan fingerprint density at radius 1 is 1.15 bits per heavy atom. The summed E-state index contributed by atoms with van der Waals surface area (Å²) in [5.41, 5.74) is 2.02. The Morgan fingerprint density at radius 2 is 1.92 bits per heavy atom. The fourth-order valence-corrected chi connectivity index (χ4v) is 2.64. The van der Waals surface area contributed by atoms with Gasteiger partial charge in [0.1, 0.15) is 0 Å². The minimum absolute atomic E-state index is 0.562. The Labute approximate surface area is 158 Å². The SMILES string of the molecule is CCNC(=NCc1cnn(-c2ccc(Cl)cc2)c1)NCCn1cccc1. The number of nitrogens with zero attached hydrogens (tertiary/aromatic N) is 4. The molecule has 1 aromatic carbocycles. The van der Waals surface area contributed by atoms with Gasteiger partial charge in [-0.1, -0.05) is 11.6 Å². The Kier molecular flexibility index (Phi) is 6.33. The lowest BCUT2D eigenvalue weighted by atomic mass is 10.3. The lowest BCUT2D eigenvalue weighted by Crippen LogP contribution is -2.38. The number of rotatable bonds is 7. The normalized spacial score (nSPS) is 11.5. The van der Waals surface area contributed by atoms with Crippen LogP contribution >= 0.6 is 11.6 Å². The lowest BCUT2D eigenvalue weighted by Gasteiger charge is -2.11. The molecule has 0 bridgehead atoms. The highest BCUT2D eigenvalue weighted by molar-refractivity contribution is 6.30. The number of guanidine groups is 1. The van der Waals surface area contributed by atoms with Crippen LogP contribution in [0.25, 0.3) is 5.69 Å². The largest absolute Gasteiger partial charge is 0.357 e. The van der Waals surface area contributed by atoms with E-state index in [1.165, 1.54) is 0 Å². The molecule has 0 fully saturated rings. The van der Waals surface area contributed by atoms with Gasteiger partial charge in [-0.25, -0.2) is 9.67 Å². The van der Waals surface area contributed by atoms with Gasteiger partial charge in [-0.2, -0.15) is 5.10 Å². The molecule has 0 aliphatic heterocycles. The van der Waals surface area contributed by atoms with E-state index in [2.05, 4.69) is 44.6 Å². The number of aromatic nitrogens is 3. The van der Waals surface area contributed by atoms with Crippen LogP contribution in [0.15, 0.2) is 66.2 Å². The molecule has 7 heteroatoms. The van der Waals surface area contributed by atoms with Crippen molar-refractivity contribution in [1.29, 1.82) is 0 Å². The molecule has 0 aliphatic rings. The summed E-state index contributed by atoms with van der Waals surface area (Å²) in [7, 11) is 0. The van der Waals surface area contributed by atoms with Gasteiger partial charge in [-0.15, -0.1) is 0 Å². The molecule has 0 saturated heterocycles. The minimum Gasteiger partial charge on any atom is -0.357 e. The Bertz CT molecular complexity index is 820. The molecular weight excluding hydrogens is 348 g/mol. The van der Waals surface area contributed by atoms with E-state index in [4.69, 9.17) is 11.6 Å². The minimum atomic E-state index is 0.562. The molecule has 0 atom stereocenters. The summed E-state index contributed by atoms with van der Waals surface area (Å²) in [5.74, 6) is 0.805. The molecule has 0 unspecified atom stereocenters. The summed E-state index contributed by atoms with van der Waals surface area (Å²) in [6.45, 7) is 5.14. The first-order chi connectivity index (χ1) is 12.7. The topological polar surface area (TPSA) is 59.2 Å². The first-order valence-corrected chi connectivity index (χ1v) is 9.05. The summed E-state index contributed by atoms with van der Waals surface area (Å²) in [6, 6.07) is 11.6. The Hall–Kier alpha value is -2.73. The monoisotopic (exact) mass is 370 g/mol. The highest BCUT2D eigenvalue weighted by Crippen LogP contribution is 2.13. The zero-order chi connectivity index (χ0) is 18.2. The van der Waals surface area contributed by atoms with E-state index in [1.807, 2.05) is 53.5 Å². The third-order valence-electron chi connectivity index (χ3n) is 3.82. The van der Waals surface area contributed by atoms with Gasteiger partial charge in [0.15, 0.2) is 5.96 Å². The van der Waals surface area contributed by atoms with Crippen molar-refractivity contribution >= 4 is 17.6 Å². The molecular formula is C19H23ClN6. The van der Waals surface area contributed by atoms with Gasteiger partial charge in [0, 0.05) is 48.8 Å². The van der Waals surface area contributed by atoms with Crippen molar-refractivity contribution < 1.29 is 0 Å². The second kappa shape index (κ2) is 9.10. The summed E-state index contributed by atoms with van der Waals surface area (Å²) >= 11 is 5.93. The molecule has 3 aromatic rings. The van der Waals surface area contributed by atoms with Crippen LogP contribution in [0.2, 0.25) is 5.02 Å². The predicted octanol–water partition coefficient (Wildman–Crippen LogP) is 3.08. The molecule has 0 aliphatic carbocycles. The molecule has 0 radical (unpaired) electrons. The van der Waals surface area contributed by atoms with E-state index < -0.39 is 0 Å². The number of aliphatic imine (C=N–C) groups is 1. The maximum Gasteiger partial charge on any atom is 0.191 e. The lowest BCUT2D eigenvalue weighted by molar-refractivity contribution is 0.666. The van der Waals surface area contributed by atoms with Gasteiger partial charge in [0.2, 0.25) is 0 Å². The standard InChI is InChI=1S/C19H23ClN6/c1-2-21-19(22-9-12-25-10-3-4-11-25)23-13-16-14-24-26(15-16)18-7-5-17(20)6-8-18/h3-8,10-11,14-15H,2,9,12-13H2,1H3,(H2,21,22,23). The number of benzene rings is 1.